The molecule has 0 aliphatic heterocycles. The van der Waals surface area contributed by atoms with Gasteiger partial charge in [0.1, 0.15) is 0 Å². The highest BCUT2D eigenvalue weighted by Crippen LogP contribution is 2.05. The SMILES string of the molecule is CC[C@H](C)NC(=O)c1ccc(N)cc1. The van der Waals surface area contributed by atoms with Crippen LogP contribution in [0.5, 0.6) is 0 Å². The summed E-state index contributed by atoms with van der Waals surface area (Å²) in [6.07, 6.45) is 0.931. The topological polar surface area (TPSA) is 55.1 Å². The zero-order chi connectivity index (χ0) is 10.6. The lowest BCUT2D eigenvalue weighted by molar-refractivity contribution is 0.0939. The minimum atomic E-state index is -0.0423. The second-order valence-corrected chi connectivity index (χ2v) is 3.40. The third-order valence-electron chi connectivity index (χ3n) is 2.16. The molecule has 0 aromatic heterocycles. The Morgan fingerprint density at radius 1 is 1.43 bits per heavy atom. The molecule has 0 unspecified atom stereocenters. The van der Waals surface area contributed by atoms with Gasteiger partial charge in [-0.3, -0.25) is 4.79 Å². The highest BCUT2D eigenvalue weighted by atomic mass is 16.1. The fourth-order valence-electron chi connectivity index (χ4n) is 1.04. The third kappa shape index (κ3) is 2.76. The molecule has 1 aromatic carbocycles. The van der Waals surface area contributed by atoms with Crippen LogP contribution in [0.3, 0.4) is 0 Å². The van der Waals surface area contributed by atoms with Crippen molar-refractivity contribution < 1.29 is 4.79 Å². The molecule has 3 nitrogen and oxygen atoms in total. The first-order valence-corrected chi connectivity index (χ1v) is 4.80. The van der Waals surface area contributed by atoms with E-state index in [1.165, 1.54) is 0 Å². The normalized spacial score (nSPS) is 12.1. The fraction of sp³-hybridized carbons (Fsp3) is 0.364. The average molecular weight is 192 g/mol. The van der Waals surface area contributed by atoms with Crippen LogP contribution in [0.2, 0.25) is 0 Å². The van der Waals surface area contributed by atoms with Gasteiger partial charge in [-0.2, -0.15) is 0 Å². The van der Waals surface area contributed by atoms with Crippen molar-refractivity contribution in [1.29, 1.82) is 0 Å². The maximum Gasteiger partial charge on any atom is 0.251 e. The molecule has 0 bridgehead atoms. The number of hydrogen-bond acceptors (Lipinski definition) is 2. The highest BCUT2D eigenvalue weighted by molar-refractivity contribution is 5.94. The molecule has 1 aromatic rings. The van der Waals surface area contributed by atoms with Gasteiger partial charge in [0.25, 0.3) is 5.91 Å². The summed E-state index contributed by atoms with van der Waals surface area (Å²) >= 11 is 0. The van der Waals surface area contributed by atoms with Crippen molar-refractivity contribution in [3.8, 4) is 0 Å². The van der Waals surface area contributed by atoms with E-state index in [0.717, 1.165) is 6.42 Å². The van der Waals surface area contributed by atoms with E-state index in [9.17, 15) is 4.79 Å². The van der Waals surface area contributed by atoms with E-state index >= 15 is 0 Å². The van der Waals surface area contributed by atoms with Crippen molar-refractivity contribution in [3.63, 3.8) is 0 Å². The van der Waals surface area contributed by atoms with Gasteiger partial charge in [0.15, 0.2) is 0 Å². The van der Waals surface area contributed by atoms with Crippen LogP contribution < -0.4 is 11.1 Å². The molecule has 1 atom stereocenters. The lowest BCUT2D eigenvalue weighted by Crippen LogP contribution is -2.31. The summed E-state index contributed by atoms with van der Waals surface area (Å²) in [6.45, 7) is 4.02. The van der Waals surface area contributed by atoms with Gasteiger partial charge in [-0.15, -0.1) is 0 Å². The molecule has 0 aliphatic carbocycles. The second kappa shape index (κ2) is 4.65. The van der Waals surface area contributed by atoms with E-state index in [4.69, 9.17) is 5.73 Å². The van der Waals surface area contributed by atoms with Crippen molar-refractivity contribution in [2.75, 3.05) is 5.73 Å². The largest absolute Gasteiger partial charge is 0.399 e. The molecule has 76 valence electrons. The van der Waals surface area contributed by atoms with Crippen LogP contribution in [-0.4, -0.2) is 11.9 Å². The molecule has 0 aliphatic rings. The minimum Gasteiger partial charge on any atom is -0.399 e. The van der Waals surface area contributed by atoms with Gasteiger partial charge in [-0.25, -0.2) is 0 Å². The van der Waals surface area contributed by atoms with E-state index in [1.54, 1.807) is 24.3 Å². The van der Waals surface area contributed by atoms with Crippen molar-refractivity contribution >= 4 is 11.6 Å². The molecule has 0 spiro atoms. The summed E-state index contributed by atoms with van der Waals surface area (Å²) in [5.41, 5.74) is 6.85. The predicted octanol–water partition coefficient (Wildman–Crippen LogP) is 1.80. The zero-order valence-corrected chi connectivity index (χ0v) is 8.58. The predicted molar refractivity (Wildman–Crippen MR) is 58.1 cm³/mol. The number of nitrogens with one attached hydrogen (secondary N) is 1. The quantitative estimate of drug-likeness (QED) is 0.717. The third-order valence-corrected chi connectivity index (χ3v) is 2.16. The Kier molecular flexibility index (Phi) is 3.51. The van der Waals surface area contributed by atoms with Gasteiger partial charge in [0.2, 0.25) is 0 Å². The van der Waals surface area contributed by atoms with Crippen molar-refractivity contribution in [3.05, 3.63) is 29.8 Å². The van der Waals surface area contributed by atoms with Crippen molar-refractivity contribution in [2.24, 2.45) is 0 Å². The van der Waals surface area contributed by atoms with Crippen LogP contribution in [-0.2, 0) is 0 Å². The molecule has 0 saturated carbocycles. The van der Waals surface area contributed by atoms with Gasteiger partial charge in [-0.05, 0) is 37.6 Å². The van der Waals surface area contributed by atoms with Crippen LogP contribution in [0.4, 0.5) is 5.69 Å². The monoisotopic (exact) mass is 192 g/mol. The van der Waals surface area contributed by atoms with Crippen LogP contribution in [0, 0.1) is 0 Å². The molecule has 3 heteroatoms. The molecule has 0 radical (unpaired) electrons. The number of nitrogens with two attached hydrogens (primary N) is 1. The Hall–Kier alpha value is -1.51. The Balaban J connectivity index is 2.65. The number of hydrogen-bond donors (Lipinski definition) is 2. The first-order valence-electron chi connectivity index (χ1n) is 4.80. The maximum absolute atomic E-state index is 11.6. The van der Waals surface area contributed by atoms with Crippen LogP contribution >= 0.6 is 0 Å². The summed E-state index contributed by atoms with van der Waals surface area (Å²) in [5.74, 6) is -0.0423. The molecule has 0 heterocycles. The van der Waals surface area contributed by atoms with Crippen molar-refractivity contribution in [1.82, 2.24) is 5.32 Å². The highest BCUT2D eigenvalue weighted by Gasteiger charge is 2.07. The molecular formula is C11H16N2O. The molecular weight excluding hydrogens is 176 g/mol. The van der Waals surface area contributed by atoms with Gasteiger partial charge >= 0.3 is 0 Å². The fourth-order valence-corrected chi connectivity index (χ4v) is 1.04. The molecule has 0 fully saturated rings. The Bertz CT molecular complexity index is 306. The Morgan fingerprint density at radius 3 is 2.50 bits per heavy atom. The summed E-state index contributed by atoms with van der Waals surface area (Å²) < 4.78 is 0. The molecule has 1 rings (SSSR count). The average Bonchev–Trinajstić information content (AvgIpc) is 2.18. The van der Waals surface area contributed by atoms with Crippen LogP contribution in [0.25, 0.3) is 0 Å². The van der Waals surface area contributed by atoms with Gasteiger partial charge < -0.3 is 11.1 Å². The smallest absolute Gasteiger partial charge is 0.251 e. The molecule has 0 saturated heterocycles. The number of anilines is 1. The van der Waals surface area contributed by atoms with E-state index in [2.05, 4.69) is 5.32 Å². The van der Waals surface area contributed by atoms with Gasteiger partial charge in [0.05, 0.1) is 0 Å². The first kappa shape index (κ1) is 10.6. The van der Waals surface area contributed by atoms with E-state index < -0.39 is 0 Å². The lowest BCUT2D eigenvalue weighted by Gasteiger charge is -2.11. The molecule has 14 heavy (non-hydrogen) atoms. The van der Waals surface area contributed by atoms with Crippen molar-refractivity contribution in [2.45, 2.75) is 26.3 Å². The second-order valence-electron chi connectivity index (χ2n) is 3.40. The van der Waals surface area contributed by atoms with E-state index in [1.807, 2.05) is 13.8 Å². The van der Waals surface area contributed by atoms with Crippen LogP contribution in [0.15, 0.2) is 24.3 Å². The number of rotatable bonds is 3. The minimum absolute atomic E-state index is 0.0423. The number of carbonyl (C=O) groups is 1. The van der Waals surface area contributed by atoms with E-state index in [-0.39, 0.29) is 11.9 Å². The first-order chi connectivity index (χ1) is 6.63. The number of nitrogen functional groups attached to an aromatic ring is 1. The number of benzene rings is 1. The summed E-state index contributed by atoms with van der Waals surface area (Å²) in [6, 6.07) is 7.12. The summed E-state index contributed by atoms with van der Waals surface area (Å²) in [5, 5.41) is 2.89. The number of carbonyl (C=O) groups excluding carboxylic acids is 1. The summed E-state index contributed by atoms with van der Waals surface area (Å²) in [4.78, 5) is 11.6. The standard InChI is InChI=1S/C11H16N2O/c1-3-8(2)13-11(14)9-4-6-10(12)7-5-9/h4-8H,3,12H2,1-2H3,(H,13,14)/t8-/m0/s1. The molecule has 1 amide bonds. The zero-order valence-electron chi connectivity index (χ0n) is 8.58. The summed E-state index contributed by atoms with van der Waals surface area (Å²) in [7, 11) is 0. The number of amides is 1. The Labute approximate surface area is 84.3 Å². The Morgan fingerprint density at radius 2 is 2.00 bits per heavy atom. The van der Waals surface area contributed by atoms with Gasteiger partial charge in [-0.1, -0.05) is 6.92 Å². The van der Waals surface area contributed by atoms with Crippen LogP contribution in [0.1, 0.15) is 30.6 Å². The maximum atomic E-state index is 11.6. The van der Waals surface area contributed by atoms with Gasteiger partial charge in [0, 0.05) is 17.3 Å². The molecule has 3 N–H and O–H groups in total. The van der Waals surface area contributed by atoms with E-state index in [0.29, 0.717) is 11.3 Å². The lowest BCUT2D eigenvalue weighted by atomic mass is 10.1.